The molecule has 3 rings (SSSR count). The second-order valence-corrected chi connectivity index (χ2v) is 7.80. The van der Waals surface area contributed by atoms with Crippen LogP contribution in [0.4, 0.5) is 0 Å². The number of carboxylic acid groups (broad SMARTS) is 1. The largest absolute Gasteiger partial charge is 0.481 e. The Morgan fingerprint density at radius 1 is 1.13 bits per heavy atom. The zero-order valence-electron chi connectivity index (χ0n) is 17.5. The number of carboxylic acids is 1. The van der Waals surface area contributed by atoms with Crippen LogP contribution >= 0.6 is 0 Å². The van der Waals surface area contributed by atoms with Crippen LogP contribution in [0.5, 0.6) is 0 Å². The third-order valence-corrected chi connectivity index (χ3v) is 5.20. The highest BCUT2D eigenvalue weighted by Gasteiger charge is 2.36. The summed E-state index contributed by atoms with van der Waals surface area (Å²) in [7, 11) is 1.46. The van der Waals surface area contributed by atoms with E-state index in [2.05, 4.69) is 20.7 Å². The van der Waals surface area contributed by atoms with Crippen molar-refractivity contribution < 1.29 is 19.4 Å². The molecule has 0 aliphatic heterocycles. The minimum absolute atomic E-state index is 0.0333. The number of amides is 1. The number of aromatic nitrogens is 3. The summed E-state index contributed by atoms with van der Waals surface area (Å²) in [6, 6.07) is 17.6. The van der Waals surface area contributed by atoms with Gasteiger partial charge in [0.15, 0.2) is 5.69 Å². The van der Waals surface area contributed by atoms with Gasteiger partial charge >= 0.3 is 5.97 Å². The van der Waals surface area contributed by atoms with Crippen molar-refractivity contribution in [3.63, 3.8) is 0 Å². The van der Waals surface area contributed by atoms with Gasteiger partial charge in [-0.25, -0.2) is 0 Å². The maximum Gasteiger partial charge on any atom is 0.311 e. The molecule has 0 aliphatic rings. The molecule has 0 bridgehead atoms. The fraction of sp³-hybridized carbons (Fsp3) is 0.304. The number of ether oxygens (including phenoxy) is 1. The molecule has 1 aromatic heterocycles. The fourth-order valence-corrected chi connectivity index (χ4v) is 3.56. The van der Waals surface area contributed by atoms with Crippen LogP contribution in [-0.4, -0.2) is 52.2 Å². The molecule has 0 saturated carbocycles. The highest BCUT2D eigenvalue weighted by atomic mass is 16.5. The number of rotatable bonds is 10. The van der Waals surface area contributed by atoms with E-state index in [9.17, 15) is 14.7 Å². The summed E-state index contributed by atoms with van der Waals surface area (Å²) < 4.78 is 5.14. The van der Waals surface area contributed by atoms with Crippen LogP contribution in [0.2, 0.25) is 0 Å². The first kappa shape index (κ1) is 22.2. The molecule has 8 nitrogen and oxygen atoms in total. The minimum atomic E-state index is -1.15. The molecule has 0 unspecified atom stereocenters. The third kappa shape index (κ3) is 5.76. The van der Waals surface area contributed by atoms with E-state index < -0.39 is 23.3 Å². The monoisotopic (exact) mass is 422 g/mol. The molecule has 1 amide bonds. The average molecular weight is 422 g/mol. The Kier molecular flexibility index (Phi) is 7.15. The van der Waals surface area contributed by atoms with Gasteiger partial charge in [0.1, 0.15) is 0 Å². The number of aromatic amines is 1. The number of carbonyl (C=O) groups is 2. The summed E-state index contributed by atoms with van der Waals surface area (Å²) in [5, 5.41) is 22.4. The van der Waals surface area contributed by atoms with E-state index in [1.807, 2.05) is 54.6 Å². The lowest BCUT2D eigenvalue weighted by Crippen LogP contribution is -2.44. The van der Waals surface area contributed by atoms with Crippen molar-refractivity contribution in [2.45, 2.75) is 25.8 Å². The van der Waals surface area contributed by atoms with Gasteiger partial charge in [-0.15, -0.1) is 5.10 Å². The van der Waals surface area contributed by atoms with Crippen molar-refractivity contribution in [2.24, 2.45) is 5.41 Å². The van der Waals surface area contributed by atoms with E-state index in [0.717, 1.165) is 16.7 Å². The Bertz CT molecular complexity index is 990. The zero-order chi connectivity index (χ0) is 22.3. The number of benzene rings is 2. The summed E-state index contributed by atoms with van der Waals surface area (Å²) >= 11 is 0. The van der Waals surface area contributed by atoms with Crippen molar-refractivity contribution in [3.8, 4) is 11.1 Å². The van der Waals surface area contributed by atoms with Crippen molar-refractivity contribution in [3.05, 3.63) is 72.1 Å². The van der Waals surface area contributed by atoms with Crippen LogP contribution in [0.3, 0.4) is 0 Å². The Morgan fingerprint density at radius 3 is 2.39 bits per heavy atom. The number of aliphatic carboxylic acids is 1. The summed E-state index contributed by atoms with van der Waals surface area (Å²) in [5.41, 5.74) is 2.18. The van der Waals surface area contributed by atoms with Crippen molar-refractivity contribution in [1.29, 1.82) is 0 Å². The Morgan fingerprint density at radius 2 is 1.81 bits per heavy atom. The van der Waals surface area contributed by atoms with E-state index in [-0.39, 0.29) is 18.7 Å². The van der Waals surface area contributed by atoms with E-state index in [0.29, 0.717) is 6.42 Å². The van der Waals surface area contributed by atoms with Gasteiger partial charge in [-0.1, -0.05) is 59.8 Å². The van der Waals surface area contributed by atoms with Crippen LogP contribution in [0.15, 0.2) is 60.8 Å². The Hall–Kier alpha value is -3.52. The SMILES string of the molecule is COC[C@](C)(C[C@@H](Cc1ccc(-c2ccccc2)cc1)NC(=O)c1c[nH]nn1)C(=O)O. The zero-order valence-corrected chi connectivity index (χ0v) is 17.5. The number of hydrogen-bond donors (Lipinski definition) is 3. The maximum absolute atomic E-state index is 12.5. The lowest BCUT2D eigenvalue weighted by Gasteiger charge is -2.29. The summed E-state index contributed by atoms with van der Waals surface area (Å²) in [6.07, 6.45) is 2.05. The molecule has 162 valence electrons. The van der Waals surface area contributed by atoms with Gasteiger partial charge < -0.3 is 15.2 Å². The third-order valence-electron chi connectivity index (χ3n) is 5.20. The quantitative estimate of drug-likeness (QED) is 0.462. The van der Waals surface area contributed by atoms with E-state index in [4.69, 9.17) is 4.74 Å². The van der Waals surface area contributed by atoms with Crippen LogP contribution < -0.4 is 5.32 Å². The molecular formula is C23H26N4O4. The molecule has 2 atom stereocenters. The molecule has 3 N–H and O–H groups in total. The molecule has 0 radical (unpaired) electrons. The standard InChI is InChI=1S/C23H26N4O4/c1-23(15-31-2,22(29)30)13-19(25-21(28)20-14-24-27-26-20)12-16-8-10-18(11-9-16)17-6-4-3-5-7-17/h3-11,14,19H,12-13,15H2,1-2H3,(H,25,28)(H,29,30)(H,24,26,27)/t19-,23+/m1/s1. The molecule has 0 aliphatic carbocycles. The first-order valence-electron chi connectivity index (χ1n) is 9.95. The smallest absolute Gasteiger partial charge is 0.311 e. The van der Waals surface area contributed by atoms with Gasteiger partial charge in [0.05, 0.1) is 18.2 Å². The van der Waals surface area contributed by atoms with Gasteiger partial charge in [-0.2, -0.15) is 0 Å². The molecule has 1 heterocycles. The van der Waals surface area contributed by atoms with Gasteiger partial charge in [0, 0.05) is 13.2 Å². The summed E-state index contributed by atoms with van der Waals surface area (Å²) in [6.45, 7) is 1.65. The van der Waals surface area contributed by atoms with E-state index in [1.54, 1.807) is 6.92 Å². The van der Waals surface area contributed by atoms with Gasteiger partial charge in [0.2, 0.25) is 0 Å². The van der Waals surface area contributed by atoms with Crippen LogP contribution in [0.1, 0.15) is 29.4 Å². The molecule has 2 aromatic carbocycles. The molecule has 31 heavy (non-hydrogen) atoms. The molecular weight excluding hydrogens is 396 g/mol. The second-order valence-electron chi connectivity index (χ2n) is 7.80. The van der Waals surface area contributed by atoms with Crippen LogP contribution in [-0.2, 0) is 16.0 Å². The lowest BCUT2D eigenvalue weighted by atomic mass is 9.82. The molecule has 0 spiro atoms. The number of nitrogens with one attached hydrogen (secondary N) is 2. The minimum Gasteiger partial charge on any atom is -0.481 e. The van der Waals surface area contributed by atoms with Crippen LogP contribution in [0, 0.1) is 5.41 Å². The van der Waals surface area contributed by atoms with Crippen molar-refractivity contribution in [2.75, 3.05) is 13.7 Å². The first-order chi connectivity index (χ1) is 14.9. The van der Waals surface area contributed by atoms with Gasteiger partial charge in [0.25, 0.3) is 5.91 Å². The topological polar surface area (TPSA) is 117 Å². The lowest BCUT2D eigenvalue weighted by molar-refractivity contribution is -0.152. The van der Waals surface area contributed by atoms with Crippen LogP contribution in [0.25, 0.3) is 11.1 Å². The Labute approximate surface area is 180 Å². The van der Waals surface area contributed by atoms with E-state index >= 15 is 0 Å². The van der Waals surface area contributed by atoms with Gasteiger partial charge in [-0.05, 0) is 36.5 Å². The predicted molar refractivity (Wildman–Crippen MR) is 115 cm³/mol. The predicted octanol–water partition coefficient (Wildman–Crippen LogP) is 2.94. The fourth-order valence-electron chi connectivity index (χ4n) is 3.56. The normalized spacial score (nSPS) is 13.9. The molecule has 0 saturated heterocycles. The summed E-state index contributed by atoms with van der Waals surface area (Å²) in [4.78, 5) is 24.4. The second kappa shape index (κ2) is 9.99. The Balaban J connectivity index is 1.80. The average Bonchev–Trinajstić information content (AvgIpc) is 3.30. The highest BCUT2D eigenvalue weighted by Crippen LogP contribution is 2.27. The molecule has 3 aromatic rings. The molecule has 0 fully saturated rings. The number of nitrogens with zero attached hydrogens (tertiary/aromatic N) is 2. The van der Waals surface area contributed by atoms with Crippen molar-refractivity contribution >= 4 is 11.9 Å². The van der Waals surface area contributed by atoms with Gasteiger partial charge in [-0.3, -0.25) is 14.7 Å². The number of methoxy groups -OCH3 is 1. The molecule has 8 heteroatoms. The van der Waals surface area contributed by atoms with E-state index in [1.165, 1.54) is 13.3 Å². The highest BCUT2D eigenvalue weighted by molar-refractivity contribution is 5.92. The maximum atomic E-state index is 12.5. The number of hydrogen-bond acceptors (Lipinski definition) is 5. The first-order valence-corrected chi connectivity index (χ1v) is 9.95. The summed E-state index contributed by atoms with van der Waals surface area (Å²) in [5.74, 6) is -1.39. The number of H-pyrrole nitrogens is 1. The number of carbonyl (C=O) groups excluding carboxylic acids is 1. The van der Waals surface area contributed by atoms with Crippen molar-refractivity contribution in [1.82, 2.24) is 20.7 Å².